The van der Waals surface area contributed by atoms with Gasteiger partial charge in [0.25, 0.3) is 5.91 Å². The molecule has 0 radical (unpaired) electrons. The maximum Gasteiger partial charge on any atom is 0.255 e. The Labute approximate surface area is 133 Å². The first-order valence-electron chi connectivity index (χ1n) is 6.97. The molecule has 2 heterocycles. The first kappa shape index (κ1) is 14.5. The van der Waals surface area contributed by atoms with Crippen molar-refractivity contribution in [3.63, 3.8) is 0 Å². The fraction of sp³-hybridized carbons (Fsp3) is 0.118. The van der Waals surface area contributed by atoms with Crippen LogP contribution in [-0.4, -0.2) is 17.1 Å². The van der Waals surface area contributed by atoms with Gasteiger partial charge in [0.05, 0.1) is 17.6 Å². The number of carbonyl (C=O) groups is 1. The number of nitrogens with one attached hydrogen (secondary N) is 1. The highest BCUT2D eigenvalue weighted by Gasteiger charge is 2.11. The van der Waals surface area contributed by atoms with E-state index in [2.05, 4.69) is 15.3 Å². The molecule has 3 rings (SSSR count). The van der Waals surface area contributed by atoms with Gasteiger partial charge in [-0.1, -0.05) is 23.7 Å². The van der Waals surface area contributed by atoms with Crippen LogP contribution in [0.2, 0.25) is 0 Å². The molecule has 1 aromatic heterocycles. The molecule has 0 spiro atoms. The third kappa shape index (κ3) is 3.23. The quantitative estimate of drug-likeness (QED) is 0.927. The van der Waals surface area contributed by atoms with Crippen molar-refractivity contribution in [3.8, 4) is 0 Å². The standard InChI is InChI=1S/C17H14ClN3O/c18-15-4-2-10-20-16(15)12-5-7-13(8-6-12)17(22)21-14-3-1-9-19-11-14/h1,3,5-11H,2,4H2,(H,21,22). The summed E-state index contributed by atoms with van der Waals surface area (Å²) >= 11 is 6.21. The normalized spacial score (nSPS) is 14.0. The largest absolute Gasteiger partial charge is 0.321 e. The second-order valence-corrected chi connectivity index (χ2v) is 5.33. The summed E-state index contributed by atoms with van der Waals surface area (Å²) in [5, 5.41) is 3.56. The van der Waals surface area contributed by atoms with E-state index in [-0.39, 0.29) is 5.91 Å². The Hall–Kier alpha value is -2.46. The molecule has 0 unspecified atom stereocenters. The number of hydrogen-bond acceptors (Lipinski definition) is 3. The van der Waals surface area contributed by atoms with Gasteiger partial charge in [0.2, 0.25) is 0 Å². The van der Waals surface area contributed by atoms with Gasteiger partial charge in [0.1, 0.15) is 0 Å². The Kier molecular flexibility index (Phi) is 4.30. The molecule has 5 heteroatoms. The second-order valence-electron chi connectivity index (χ2n) is 4.88. The van der Waals surface area contributed by atoms with E-state index in [4.69, 9.17) is 11.6 Å². The molecular formula is C17H14ClN3O. The smallest absolute Gasteiger partial charge is 0.255 e. The number of nitrogens with zero attached hydrogens (tertiary/aromatic N) is 2. The predicted octanol–water partition coefficient (Wildman–Crippen LogP) is 4.11. The molecule has 0 atom stereocenters. The molecule has 0 bridgehead atoms. The van der Waals surface area contributed by atoms with E-state index < -0.39 is 0 Å². The zero-order chi connectivity index (χ0) is 15.4. The van der Waals surface area contributed by atoms with Crippen molar-refractivity contribution in [2.45, 2.75) is 12.8 Å². The zero-order valence-corrected chi connectivity index (χ0v) is 12.5. The van der Waals surface area contributed by atoms with Gasteiger partial charge in [-0.3, -0.25) is 14.8 Å². The molecule has 1 N–H and O–H groups in total. The summed E-state index contributed by atoms with van der Waals surface area (Å²) in [5.41, 5.74) is 2.94. The number of halogens is 1. The Morgan fingerprint density at radius 1 is 1.18 bits per heavy atom. The molecule has 22 heavy (non-hydrogen) atoms. The summed E-state index contributed by atoms with van der Waals surface area (Å²) in [7, 11) is 0. The van der Waals surface area contributed by atoms with E-state index in [1.807, 2.05) is 18.3 Å². The van der Waals surface area contributed by atoms with Crippen LogP contribution < -0.4 is 5.32 Å². The highest BCUT2D eigenvalue weighted by Crippen LogP contribution is 2.28. The minimum Gasteiger partial charge on any atom is -0.321 e. The van der Waals surface area contributed by atoms with E-state index in [1.54, 1.807) is 36.7 Å². The average Bonchev–Trinajstić information content (AvgIpc) is 2.56. The molecule has 0 saturated heterocycles. The summed E-state index contributed by atoms with van der Waals surface area (Å²) < 4.78 is 0. The number of anilines is 1. The highest BCUT2D eigenvalue weighted by molar-refractivity contribution is 6.33. The number of benzene rings is 1. The predicted molar refractivity (Wildman–Crippen MR) is 89.1 cm³/mol. The molecular weight excluding hydrogens is 298 g/mol. The number of aromatic nitrogens is 1. The van der Waals surface area contributed by atoms with Crippen LogP contribution in [0.1, 0.15) is 28.8 Å². The molecule has 110 valence electrons. The van der Waals surface area contributed by atoms with Gasteiger partial charge < -0.3 is 5.32 Å². The Balaban J connectivity index is 1.77. The first-order chi connectivity index (χ1) is 10.7. The van der Waals surface area contributed by atoms with Crippen molar-refractivity contribution in [1.29, 1.82) is 0 Å². The van der Waals surface area contributed by atoms with Crippen LogP contribution >= 0.6 is 11.6 Å². The van der Waals surface area contributed by atoms with Gasteiger partial charge in [-0.15, -0.1) is 0 Å². The average molecular weight is 312 g/mol. The Morgan fingerprint density at radius 3 is 2.68 bits per heavy atom. The molecule has 0 saturated carbocycles. The maximum atomic E-state index is 12.2. The number of rotatable bonds is 3. The molecule has 0 aliphatic carbocycles. The lowest BCUT2D eigenvalue weighted by atomic mass is 10.1. The summed E-state index contributed by atoms with van der Waals surface area (Å²) in [6.45, 7) is 0. The first-order valence-corrected chi connectivity index (χ1v) is 7.35. The molecule has 1 aliphatic heterocycles. The monoisotopic (exact) mass is 311 g/mol. The van der Waals surface area contributed by atoms with Crippen LogP contribution in [-0.2, 0) is 0 Å². The fourth-order valence-electron chi connectivity index (χ4n) is 2.19. The Bertz CT molecular complexity index is 736. The summed E-state index contributed by atoms with van der Waals surface area (Å²) in [4.78, 5) is 20.5. The lowest BCUT2D eigenvalue weighted by Crippen LogP contribution is -2.11. The summed E-state index contributed by atoms with van der Waals surface area (Å²) in [6.07, 6.45) is 6.81. The van der Waals surface area contributed by atoms with Crippen molar-refractivity contribution in [3.05, 3.63) is 65.0 Å². The number of carbonyl (C=O) groups excluding carboxylic acids is 1. The van der Waals surface area contributed by atoms with Crippen molar-refractivity contribution in [2.24, 2.45) is 4.99 Å². The molecule has 2 aromatic rings. The van der Waals surface area contributed by atoms with E-state index in [0.717, 1.165) is 29.1 Å². The molecule has 4 nitrogen and oxygen atoms in total. The number of allylic oxidation sites excluding steroid dienone is 1. The Morgan fingerprint density at radius 2 is 2.00 bits per heavy atom. The number of pyridine rings is 1. The van der Waals surface area contributed by atoms with Crippen LogP contribution in [0.4, 0.5) is 5.69 Å². The van der Waals surface area contributed by atoms with E-state index in [1.165, 1.54) is 0 Å². The van der Waals surface area contributed by atoms with Crippen molar-refractivity contribution in [2.75, 3.05) is 5.32 Å². The van der Waals surface area contributed by atoms with Crippen LogP contribution in [0.5, 0.6) is 0 Å². The lowest BCUT2D eigenvalue weighted by molar-refractivity contribution is 0.102. The molecule has 0 fully saturated rings. The van der Waals surface area contributed by atoms with E-state index in [9.17, 15) is 4.79 Å². The third-order valence-electron chi connectivity index (χ3n) is 3.31. The fourth-order valence-corrected chi connectivity index (χ4v) is 2.45. The topological polar surface area (TPSA) is 54.4 Å². The summed E-state index contributed by atoms with van der Waals surface area (Å²) in [5.74, 6) is -0.174. The number of hydrogen-bond donors (Lipinski definition) is 1. The number of aliphatic imine (C=N–C) groups is 1. The summed E-state index contributed by atoms with van der Waals surface area (Å²) in [6, 6.07) is 10.8. The van der Waals surface area contributed by atoms with Crippen LogP contribution in [0, 0.1) is 0 Å². The van der Waals surface area contributed by atoms with Crippen LogP contribution in [0.25, 0.3) is 5.70 Å². The van der Waals surface area contributed by atoms with Gasteiger partial charge in [-0.2, -0.15) is 0 Å². The highest BCUT2D eigenvalue weighted by atomic mass is 35.5. The van der Waals surface area contributed by atoms with Crippen molar-refractivity contribution < 1.29 is 4.79 Å². The van der Waals surface area contributed by atoms with E-state index in [0.29, 0.717) is 11.3 Å². The van der Waals surface area contributed by atoms with Crippen molar-refractivity contribution >= 4 is 35.1 Å². The van der Waals surface area contributed by atoms with E-state index >= 15 is 0 Å². The zero-order valence-electron chi connectivity index (χ0n) is 11.8. The molecule has 1 amide bonds. The van der Waals surface area contributed by atoms with Gasteiger partial charge in [0.15, 0.2) is 0 Å². The minimum atomic E-state index is -0.174. The minimum absolute atomic E-state index is 0.174. The molecule has 1 aromatic carbocycles. The van der Waals surface area contributed by atoms with Gasteiger partial charge in [-0.25, -0.2) is 0 Å². The SMILES string of the molecule is O=C(Nc1cccnc1)c1ccc(C2=C(Cl)CCC=N2)cc1. The van der Waals surface area contributed by atoms with Gasteiger partial charge in [0, 0.05) is 28.6 Å². The third-order valence-corrected chi connectivity index (χ3v) is 3.68. The second kappa shape index (κ2) is 6.54. The number of amides is 1. The van der Waals surface area contributed by atoms with Crippen LogP contribution in [0.15, 0.2) is 58.8 Å². The maximum absolute atomic E-state index is 12.2. The van der Waals surface area contributed by atoms with Crippen molar-refractivity contribution in [1.82, 2.24) is 4.98 Å². The lowest BCUT2D eigenvalue weighted by Gasteiger charge is -2.11. The van der Waals surface area contributed by atoms with Crippen LogP contribution in [0.3, 0.4) is 0 Å². The van der Waals surface area contributed by atoms with Gasteiger partial charge in [-0.05, 0) is 37.1 Å². The molecule has 1 aliphatic rings. The van der Waals surface area contributed by atoms with Gasteiger partial charge >= 0.3 is 0 Å².